The second-order valence-electron chi connectivity index (χ2n) is 6.85. The highest BCUT2D eigenvalue weighted by Gasteiger charge is 2.15. The summed E-state index contributed by atoms with van der Waals surface area (Å²) >= 11 is 0. The first-order chi connectivity index (χ1) is 12.4. The van der Waals surface area contributed by atoms with E-state index in [2.05, 4.69) is 24.2 Å². The maximum Gasteiger partial charge on any atom is 0.193 e. The predicted octanol–water partition coefficient (Wildman–Crippen LogP) is 2.92. The quantitative estimate of drug-likeness (QED) is 0.348. The van der Waals surface area contributed by atoms with Gasteiger partial charge in [0.25, 0.3) is 0 Å². The number of halogens is 1. The lowest BCUT2D eigenvalue weighted by molar-refractivity contribution is 0.0625. The fraction of sp³-hybridized carbons (Fsp3) is 0.632. The number of rotatable bonds is 7. The molecule has 0 aromatic heterocycles. The van der Waals surface area contributed by atoms with Gasteiger partial charge in [-0.2, -0.15) is 0 Å². The van der Waals surface area contributed by atoms with E-state index in [9.17, 15) is 8.42 Å². The van der Waals surface area contributed by atoms with E-state index in [1.807, 2.05) is 12.1 Å². The Morgan fingerprint density at radius 2 is 1.89 bits per heavy atom. The second-order valence-corrected chi connectivity index (χ2v) is 8.87. The number of hydrogen-bond acceptors (Lipinski definition) is 4. The zero-order chi connectivity index (χ0) is 19.0. The molecule has 0 bridgehead atoms. The van der Waals surface area contributed by atoms with Crippen LogP contribution in [0, 0.1) is 5.92 Å². The van der Waals surface area contributed by atoms with Crippen LogP contribution in [-0.2, 0) is 21.1 Å². The SMILES string of the molecule is CCNC(=NCc1ccc(S(C)(=O)=O)cc1)N(C)CCC1CCOCC1.I. The van der Waals surface area contributed by atoms with Gasteiger partial charge in [0, 0.05) is 39.6 Å². The molecular weight excluding hydrogens is 477 g/mol. The van der Waals surface area contributed by atoms with Crippen LogP contribution in [0.15, 0.2) is 34.2 Å². The summed E-state index contributed by atoms with van der Waals surface area (Å²) in [6.45, 7) is 6.12. The highest BCUT2D eigenvalue weighted by molar-refractivity contribution is 14.0. The van der Waals surface area contributed by atoms with Gasteiger partial charge in [-0.25, -0.2) is 13.4 Å². The average molecular weight is 509 g/mol. The fourth-order valence-electron chi connectivity index (χ4n) is 3.00. The largest absolute Gasteiger partial charge is 0.381 e. The number of aliphatic imine (C=N–C) groups is 1. The van der Waals surface area contributed by atoms with Crippen LogP contribution in [0.1, 0.15) is 31.7 Å². The van der Waals surface area contributed by atoms with Crippen LogP contribution in [0.25, 0.3) is 0 Å². The van der Waals surface area contributed by atoms with Crippen LogP contribution in [0.2, 0.25) is 0 Å². The molecule has 6 nitrogen and oxygen atoms in total. The van der Waals surface area contributed by atoms with E-state index in [0.717, 1.165) is 63.0 Å². The fourth-order valence-corrected chi connectivity index (χ4v) is 3.63. The lowest BCUT2D eigenvalue weighted by Crippen LogP contribution is -2.40. The molecule has 0 amide bonds. The molecule has 1 N–H and O–H groups in total. The van der Waals surface area contributed by atoms with Crippen LogP contribution in [-0.4, -0.2) is 58.9 Å². The van der Waals surface area contributed by atoms with Crippen molar-refractivity contribution in [2.45, 2.75) is 37.6 Å². The topological polar surface area (TPSA) is 71.0 Å². The molecule has 0 saturated carbocycles. The third-order valence-electron chi connectivity index (χ3n) is 4.67. The van der Waals surface area contributed by atoms with Crippen molar-refractivity contribution >= 4 is 39.8 Å². The number of guanidine groups is 1. The number of ether oxygens (including phenoxy) is 1. The Bertz CT molecular complexity index is 687. The molecule has 1 aromatic carbocycles. The first-order valence-corrected chi connectivity index (χ1v) is 11.2. The second kappa shape index (κ2) is 11.9. The Hall–Kier alpha value is -0.870. The summed E-state index contributed by atoms with van der Waals surface area (Å²) in [6, 6.07) is 6.93. The zero-order valence-corrected chi connectivity index (χ0v) is 19.6. The third-order valence-corrected chi connectivity index (χ3v) is 5.80. The third kappa shape index (κ3) is 8.35. The van der Waals surface area contributed by atoms with E-state index in [1.54, 1.807) is 12.1 Å². The molecule has 0 unspecified atom stereocenters. The van der Waals surface area contributed by atoms with E-state index in [4.69, 9.17) is 9.73 Å². The van der Waals surface area contributed by atoms with Crippen LogP contribution in [0.3, 0.4) is 0 Å². The molecule has 0 radical (unpaired) electrons. The van der Waals surface area contributed by atoms with Gasteiger partial charge in [-0.3, -0.25) is 0 Å². The maximum absolute atomic E-state index is 11.5. The van der Waals surface area contributed by atoms with E-state index in [0.29, 0.717) is 11.4 Å². The number of benzene rings is 1. The van der Waals surface area contributed by atoms with Crippen LogP contribution >= 0.6 is 24.0 Å². The molecule has 154 valence electrons. The van der Waals surface area contributed by atoms with E-state index >= 15 is 0 Å². The smallest absolute Gasteiger partial charge is 0.193 e. The van der Waals surface area contributed by atoms with Gasteiger partial charge in [-0.05, 0) is 49.8 Å². The summed E-state index contributed by atoms with van der Waals surface area (Å²) < 4.78 is 28.5. The summed E-state index contributed by atoms with van der Waals surface area (Å²) in [5.41, 5.74) is 0.991. The first kappa shape index (κ1) is 24.2. The lowest BCUT2D eigenvalue weighted by atomic mass is 9.96. The van der Waals surface area contributed by atoms with Crippen molar-refractivity contribution in [2.24, 2.45) is 10.9 Å². The molecule has 0 spiro atoms. The molecule has 1 saturated heterocycles. The molecule has 1 aromatic rings. The van der Waals surface area contributed by atoms with Gasteiger partial charge in [0.2, 0.25) is 0 Å². The molecule has 1 heterocycles. The number of nitrogens with zero attached hydrogens (tertiary/aromatic N) is 2. The average Bonchev–Trinajstić information content (AvgIpc) is 2.63. The van der Waals surface area contributed by atoms with Gasteiger partial charge in [-0.1, -0.05) is 12.1 Å². The highest BCUT2D eigenvalue weighted by Crippen LogP contribution is 2.18. The minimum Gasteiger partial charge on any atom is -0.381 e. The summed E-state index contributed by atoms with van der Waals surface area (Å²) in [5, 5.41) is 3.33. The first-order valence-electron chi connectivity index (χ1n) is 9.26. The van der Waals surface area contributed by atoms with Gasteiger partial charge in [0.1, 0.15) is 0 Å². The minimum atomic E-state index is -3.16. The van der Waals surface area contributed by atoms with Crippen molar-refractivity contribution in [3.63, 3.8) is 0 Å². The predicted molar refractivity (Wildman–Crippen MR) is 121 cm³/mol. The van der Waals surface area contributed by atoms with Crippen molar-refractivity contribution < 1.29 is 13.2 Å². The van der Waals surface area contributed by atoms with E-state index in [1.165, 1.54) is 6.26 Å². The molecule has 0 atom stereocenters. The summed E-state index contributed by atoms with van der Waals surface area (Å²) in [4.78, 5) is 7.21. The normalized spacial score (nSPS) is 15.9. The monoisotopic (exact) mass is 509 g/mol. The minimum absolute atomic E-state index is 0. The number of hydrogen-bond donors (Lipinski definition) is 1. The maximum atomic E-state index is 11.5. The summed E-state index contributed by atoms with van der Waals surface area (Å²) in [6.07, 6.45) is 4.66. The Morgan fingerprint density at radius 3 is 2.44 bits per heavy atom. The molecule has 2 rings (SSSR count). The number of sulfone groups is 1. The van der Waals surface area contributed by atoms with E-state index in [-0.39, 0.29) is 24.0 Å². The molecule has 1 aliphatic heterocycles. The van der Waals surface area contributed by atoms with Crippen molar-refractivity contribution in [1.29, 1.82) is 0 Å². The number of nitrogens with one attached hydrogen (secondary N) is 1. The molecule has 27 heavy (non-hydrogen) atoms. The lowest BCUT2D eigenvalue weighted by Gasteiger charge is -2.26. The molecule has 1 fully saturated rings. The van der Waals surface area contributed by atoms with Crippen LogP contribution in [0.5, 0.6) is 0 Å². The summed E-state index contributed by atoms with van der Waals surface area (Å²) in [7, 11) is -1.09. The van der Waals surface area contributed by atoms with Crippen LogP contribution in [0.4, 0.5) is 0 Å². The van der Waals surface area contributed by atoms with Crippen molar-refractivity contribution in [2.75, 3.05) is 39.6 Å². The van der Waals surface area contributed by atoms with Crippen molar-refractivity contribution in [3.05, 3.63) is 29.8 Å². The standard InChI is InChI=1S/C19H31N3O3S.HI/c1-4-20-19(22(2)12-9-16-10-13-25-14-11-16)21-15-17-5-7-18(8-6-17)26(3,23)24;/h5-8,16H,4,9-15H2,1-3H3,(H,20,21);1H. The summed E-state index contributed by atoms with van der Waals surface area (Å²) in [5.74, 6) is 1.62. The van der Waals surface area contributed by atoms with Gasteiger partial charge in [-0.15, -0.1) is 24.0 Å². The van der Waals surface area contributed by atoms with Gasteiger partial charge in [0.15, 0.2) is 15.8 Å². The Balaban J connectivity index is 0.00000364. The van der Waals surface area contributed by atoms with Gasteiger partial charge < -0.3 is 15.0 Å². The molecule has 0 aliphatic carbocycles. The Labute approximate surface area is 180 Å². The molecular formula is C19H32IN3O3S. The molecule has 1 aliphatic rings. The van der Waals surface area contributed by atoms with Gasteiger partial charge in [0.05, 0.1) is 11.4 Å². The van der Waals surface area contributed by atoms with Crippen molar-refractivity contribution in [1.82, 2.24) is 10.2 Å². The zero-order valence-electron chi connectivity index (χ0n) is 16.5. The van der Waals surface area contributed by atoms with Crippen molar-refractivity contribution in [3.8, 4) is 0 Å². The van der Waals surface area contributed by atoms with E-state index < -0.39 is 9.84 Å². The highest BCUT2D eigenvalue weighted by atomic mass is 127. The molecule has 8 heteroatoms. The van der Waals surface area contributed by atoms with Crippen LogP contribution < -0.4 is 5.32 Å². The Kier molecular flexibility index (Phi) is 10.6. The van der Waals surface area contributed by atoms with Gasteiger partial charge >= 0.3 is 0 Å². The Morgan fingerprint density at radius 1 is 1.26 bits per heavy atom.